The lowest BCUT2D eigenvalue weighted by Crippen LogP contribution is -2.27. The van der Waals surface area contributed by atoms with Gasteiger partial charge in [0, 0.05) is 29.5 Å². The van der Waals surface area contributed by atoms with Crippen molar-refractivity contribution >= 4 is 17.6 Å². The van der Waals surface area contributed by atoms with Crippen LogP contribution in [0.5, 0.6) is 5.75 Å². The summed E-state index contributed by atoms with van der Waals surface area (Å²) >= 11 is 6.07. The van der Waals surface area contributed by atoms with Crippen molar-refractivity contribution in [3.8, 4) is 5.75 Å². The molecule has 1 aromatic heterocycles. The molecule has 0 bridgehead atoms. The fourth-order valence-corrected chi connectivity index (χ4v) is 1.77. The molecule has 18 heavy (non-hydrogen) atoms. The number of nitrogens with one attached hydrogen (secondary N) is 1. The van der Waals surface area contributed by atoms with Crippen LogP contribution in [0.2, 0.25) is 5.02 Å². The second-order valence-electron chi connectivity index (χ2n) is 3.55. The van der Waals surface area contributed by atoms with E-state index in [1.165, 1.54) is 17.1 Å². The molecular formula is C12H12ClN3O2. The minimum atomic E-state index is -0.269. The summed E-state index contributed by atoms with van der Waals surface area (Å²) in [5.41, 5.74) is 0.745. The summed E-state index contributed by atoms with van der Waals surface area (Å²) in [5, 5.41) is 3.29. The van der Waals surface area contributed by atoms with Gasteiger partial charge in [-0.05, 0) is 12.1 Å². The first kappa shape index (κ1) is 12.4. The van der Waals surface area contributed by atoms with Gasteiger partial charge in [0.15, 0.2) is 0 Å². The van der Waals surface area contributed by atoms with Gasteiger partial charge in [-0.2, -0.15) is 0 Å². The van der Waals surface area contributed by atoms with Gasteiger partial charge in [0.1, 0.15) is 12.1 Å². The molecule has 0 aliphatic carbocycles. The lowest BCUT2D eigenvalue weighted by atomic mass is 10.2. The van der Waals surface area contributed by atoms with Crippen LogP contribution in [0, 0.1) is 0 Å². The SMILES string of the molecule is COc1cccc(Cl)c1CNC(=O)n1ccnc1. The molecule has 94 valence electrons. The van der Waals surface area contributed by atoms with Crippen LogP contribution in [-0.4, -0.2) is 22.7 Å². The Kier molecular flexibility index (Phi) is 3.84. The third-order valence-electron chi connectivity index (χ3n) is 2.45. The Morgan fingerprint density at radius 2 is 2.39 bits per heavy atom. The average Bonchev–Trinajstić information content (AvgIpc) is 2.90. The highest BCUT2D eigenvalue weighted by molar-refractivity contribution is 6.31. The molecule has 2 rings (SSSR count). The van der Waals surface area contributed by atoms with Gasteiger partial charge in [-0.3, -0.25) is 4.57 Å². The maximum Gasteiger partial charge on any atom is 0.327 e. The van der Waals surface area contributed by atoms with Gasteiger partial charge in [-0.1, -0.05) is 17.7 Å². The van der Waals surface area contributed by atoms with Crippen molar-refractivity contribution in [2.45, 2.75) is 6.54 Å². The van der Waals surface area contributed by atoms with Gasteiger partial charge in [0.25, 0.3) is 0 Å². The Labute approximate surface area is 109 Å². The van der Waals surface area contributed by atoms with Crippen molar-refractivity contribution in [2.75, 3.05) is 7.11 Å². The molecule has 1 heterocycles. The summed E-state index contributed by atoms with van der Waals surface area (Å²) < 4.78 is 6.54. The van der Waals surface area contributed by atoms with E-state index in [2.05, 4.69) is 10.3 Å². The number of carbonyl (C=O) groups excluding carboxylic acids is 1. The van der Waals surface area contributed by atoms with Crippen LogP contribution in [-0.2, 0) is 6.54 Å². The zero-order valence-electron chi connectivity index (χ0n) is 9.76. The molecule has 0 atom stereocenters. The number of amides is 1. The molecule has 6 heteroatoms. The van der Waals surface area contributed by atoms with Gasteiger partial charge >= 0.3 is 6.03 Å². The van der Waals surface area contributed by atoms with E-state index in [4.69, 9.17) is 16.3 Å². The monoisotopic (exact) mass is 265 g/mol. The lowest BCUT2D eigenvalue weighted by molar-refractivity contribution is 0.242. The Morgan fingerprint density at radius 1 is 1.56 bits per heavy atom. The topological polar surface area (TPSA) is 56.1 Å². The van der Waals surface area contributed by atoms with Crippen LogP contribution in [0.1, 0.15) is 5.56 Å². The molecule has 0 spiro atoms. The van der Waals surface area contributed by atoms with Gasteiger partial charge in [0.2, 0.25) is 0 Å². The molecule has 0 fully saturated rings. The number of ether oxygens (including phenoxy) is 1. The van der Waals surface area contributed by atoms with Gasteiger partial charge in [-0.15, -0.1) is 0 Å². The largest absolute Gasteiger partial charge is 0.496 e. The standard InChI is InChI=1S/C12H12ClN3O2/c1-18-11-4-2-3-10(13)9(11)7-15-12(17)16-6-5-14-8-16/h2-6,8H,7H2,1H3,(H,15,17). The number of nitrogens with zero attached hydrogens (tertiary/aromatic N) is 2. The molecular weight excluding hydrogens is 254 g/mol. The number of carbonyl (C=O) groups is 1. The molecule has 0 unspecified atom stereocenters. The predicted molar refractivity (Wildman–Crippen MR) is 67.9 cm³/mol. The molecule has 0 radical (unpaired) electrons. The summed E-state index contributed by atoms with van der Waals surface area (Å²) in [7, 11) is 1.56. The van der Waals surface area contributed by atoms with E-state index in [0.717, 1.165) is 5.56 Å². The van der Waals surface area contributed by atoms with Crippen LogP contribution in [0.15, 0.2) is 36.9 Å². The molecule has 1 aromatic carbocycles. The molecule has 0 aliphatic heterocycles. The maximum atomic E-state index is 11.7. The fourth-order valence-electron chi connectivity index (χ4n) is 1.54. The molecule has 0 aliphatic rings. The lowest BCUT2D eigenvalue weighted by Gasteiger charge is -2.11. The average molecular weight is 266 g/mol. The summed E-state index contributed by atoms with van der Waals surface area (Å²) in [6.07, 6.45) is 4.54. The Hall–Kier alpha value is -2.01. The highest BCUT2D eigenvalue weighted by atomic mass is 35.5. The zero-order valence-corrected chi connectivity index (χ0v) is 10.5. The smallest absolute Gasteiger partial charge is 0.327 e. The third kappa shape index (κ3) is 2.62. The zero-order chi connectivity index (χ0) is 13.0. The number of hydrogen-bond acceptors (Lipinski definition) is 3. The summed E-state index contributed by atoms with van der Waals surface area (Å²) in [5.74, 6) is 0.647. The van der Waals surface area contributed by atoms with Gasteiger partial charge in [0.05, 0.1) is 7.11 Å². The van der Waals surface area contributed by atoms with Crippen molar-refractivity contribution in [3.63, 3.8) is 0 Å². The number of benzene rings is 1. The number of hydrogen-bond donors (Lipinski definition) is 1. The number of halogens is 1. The highest BCUT2D eigenvalue weighted by Gasteiger charge is 2.09. The van der Waals surface area contributed by atoms with Crippen LogP contribution in [0.25, 0.3) is 0 Å². The van der Waals surface area contributed by atoms with E-state index in [0.29, 0.717) is 17.3 Å². The first-order valence-corrected chi connectivity index (χ1v) is 5.67. The van der Waals surface area contributed by atoms with E-state index in [9.17, 15) is 4.79 Å². The maximum absolute atomic E-state index is 11.7. The second kappa shape index (κ2) is 5.55. The number of aromatic nitrogens is 2. The molecule has 2 aromatic rings. The fraction of sp³-hybridized carbons (Fsp3) is 0.167. The first-order valence-electron chi connectivity index (χ1n) is 5.30. The molecule has 0 saturated carbocycles. The van der Waals surface area contributed by atoms with Crippen LogP contribution in [0.3, 0.4) is 0 Å². The van der Waals surface area contributed by atoms with Crippen molar-refractivity contribution in [1.29, 1.82) is 0 Å². The van der Waals surface area contributed by atoms with E-state index >= 15 is 0 Å². The predicted octanol–water partition coefficient (Wildman–Crippen LogP) is 2.30. The van der Waals surface area contributed by atoms with Crippen LogP contribution < -0.4 is 10.1 Å². The van der Waals surface area contributed by atoms with Crippen molar-refractivity contribution in [1.82, 2.24) is 14.9 Å². The molecule has 0 saturated heterocycles. The van der Waals surface area contributed by atoms with E-state index in [-0.39, 0.29) is 6.03 Å². The Bertz CT molecular complexity index is 540. The van der Waals surface area contributed by atoms with Gasteiger partial charge in [-0.25, -0.2) is 9.78 Å². The van der Waals surface area contributed by atoms with Crippen molar-refractivity contribution in [3.05, 3.63) is 47.5 Å². The molecule has 1 amide bonds. The first-order chi connectivity index (χ1) is 8.72. The minimum absolute atomic E-state index is 0.269. The Balaban J connectivity index is 2.09. The normalized spacial score (nSPS) is 10.1. The minimum Gasteiger partial charge on any atom is -0.496 e. The Morgan fingerprint density at radius 3 is 3.06 bits per heavy atom. The third-order valence-corrected chi connectivity index (χ3v) is 2.81. The number of imidazole rings is 1. The summed E-state index contributed by atoms with van der Waals surface area (Å²) in [6.45, 7) is 0.292. The summed E-state index contributed by atoms with van der Waals surface area (Å²) in [6, 6.07) is 5.07. The van der Waals surface area contributed by atoms with E-state index < -0.39 is 0 Å². The van der Waals surface area contributed by atoms with Gasteiger partial charge < -0.3 is 10.1 Å². The second-order valence-corrected chi connectivity index (χ2v) is 3.96. The number of methoxy groups -OCH3 is 1. The molecule has 1 N–H and O–H groups in total. The van der Waals surface area contributed by atoms with E-state index in [1.54, 1.807) is 31.5 Å². The van der Waals surface area contributed by atoms with Crippen LogP contribution >= 0.6 is 11.6 Å². The quantitative estimate of drug-likeness (QED) is 0.926. The molecule has 5 nitrogen and oxygen atoms in total. The van der Waals surface area contributed by atoms with Crippen molar-refractivity contribution < 1.29 is 9.53 Å². The van der Waals surface area contributed by atoms with Crippen LogP contribution in [0.4, 0.5) is 4.79 Å². The van der Waals surface area contributed by atoms with E-state index in [1.807, 2.05) is 0 Å². The highest BCUT2D eigenvalue weighted by Crippen LogP contribution is 2.25. The van der Waals surface area contributed by atoms with Crippen molar-refractivity contribution in [2.24, 2.45) is 0 Å². The summed E-state index contributed by atoms with van der Waals surface area (Å²) in [4.78, 5) is 15.5. The number of rotatable bonds is 3.